The highest BCUT2D eigenvalue weighted by Gasteiger charge is 2.15. The van der Waals surface area contributed by atoms with Crippen LogP contribution < -0.4 is 5.32 Å². The second-order valence-electron chi connectivity index (χ2n) is 5.36. The molecule has 0 saturated carbocycles. The summed E-state index contributed by atoms with van der Waals surface area (Å²) in [6, 6.07) is 12.2. The molecule has 1 N–H and O–H groups in total. The van der Waals surface area contributed by atoms with Crippen molar-refractivity contribution in [2.24, 2.45) is 0 Å². The molecule has 0 spiro atoms. The van der Waals surface area contributed by atoms with Gasteiger partial charge in [-0.2, -0.15) is 0 Å². The number of carbonyl (C=O) groups is 1. The van der Waals surface area contributed by atoms with Crippen LogP contribution in [-0.2, 0) is 0 Å². The monoisotopic (exact) mass is 298 g/mol. The summed E-state index contributed by atoms with van der Waals surface area (Å²) < 4.78 is 0. The van der Waals surface area contributed by atoms with Gasteiger partial charge < -0.3 is 5.32 Å². The Labute approximate surface area is 129 Å². The number of hydrogen-bond acceptors (Lipinski definition) is 3. The SMILES string of the molecule is Cc1ccc([C@H](C)NC(=O)c2ccc([N+](=O)[O-])c(C)c2)cc1. The highest BCUT2D eigenvalue weighted by atomic mass is 16.6. The standard InChI is InChI=1S/C17H18N2O3/c1-11-4-6-14(7-5-11)13(3)18-17(20)15-8-9-16(19(21)22)12(2)10-15/h4-10,13H,1-3H3,(H,18,20)/t13-/m0/s1. The van der Waals surface area contributed by atoms with Crippen molar-refractivity contribution in [2.45, 2.75) is 26.8 Å². The van der Waals surface area contributed by atoms with E-state index in [1.807, 2.05) is 38.1 Å². The van der Waals surface area contributed by atoms with Gasteiger partial charge in [-0.15, -0.1) is 0 Å². The molecular weight excluding hydrogens is 280 g/mol. The van der Waals surface area contributed by atoms with Crippen LogP contribution in [0.25, 0.3) is 0 Å². The number of nitrogens with one attached hydrogen (secondary N) is 1. The quantitative estimate of drug-likeness (QED) is 0.691. The first-order chi connectivity index (χ1) is 10.4. The van der Waals surface area contributed by atoms with Crippen molar-refractivity contribution in [1.29, 1.82) is 0 Å². The van der Waals surface area contributed by atoms with E-state index in [1.54, 1.807) is 6.92 Å². The summed E-state index contributed by atoms with van der Waals surface area (Å²) >= 11 is 0. The maximum atomic E-state index is 12.2. The third-order valence-electron chi connectivity index (χ3n) is 3.58. The third kappa shape index (κ3) is 3.49. The van der Waals surface area contributed by atoms with Crippen LogP contribution in [0.5, 0.6) is 0 Å². The van der Waals surface area contributed by atoms with E-state index in [4.69, 9.17) is 0 Å². The summed E-state index contributed by atoms with van der Waals surface area (Å²) in [6.45, 7) is 5.53. The third-order valence-corrected chi connectivity index (χ3v) is 3.58. The number of benzene rings is 2. The second kappa shape index (κ2) is 6.39. The zero-order chi connectivity index (χ0) is 16.3. The topological polar surface area (TPSA) is 72.2 Å². The highest BCUT2D eigenvalue weighted by Crippen LogP contribution is 2.20. The molecule has 22 heavy (non-hydrogen) atoms. The van der Waals surface area contributed by atoms with Gasteiger partial charge in [0.25, 0.3) is 11.6 Å². The molecule has 2 rings (SSSR count). The van der Waals surface area contributed by atoms with Crippen LogP contribution in [0.2, 0.25) is 0 Å². The smallest absolute Gasteiger partial charge is 0.272 e. The minimum Gasteiger partial charge on any atom is -0.346 e. The number of aryl methyl sites for hydroxylation is 2. The van der Waals surface area contributed by atoms with Gasteiger partial charge in [-0.1, -0.05) is 29.8 Å². The Hall–Kier alpha value is -2.69. The Morgan fingerprint density at radius 1 is 1.14 bits per heavy atom. The number of hydrogen-bond donors (Lipinski definition) is 1. The van der Waals surface area contributed by atoms with Gasteiger partial charge in [0.2, 0.25) is 0 Å². The number of nitrogens with zero attached hydrogens (tertiary/aromatic N) is 1. The Morgan fingerprint density at radius 3 is 2.32 bits per heavy atom. The zero-order valence-corrected chi connectivity index (χ0v) is 12.8. The predicted molar refractivity (Wildman–Crippen MR) is 84.9 cm³/mol. The van der Waals surface area contributed by atoms with Gasteiger partial charge in [0.1, 0.15) is 0 Å². The summed E-state index contributed by atoms with van der Waals surface area (Å²) in [4.78, 5) is 22.6. The van der Waals surface area contributed by atoms with Crippen molar-refractivity contribution in [3.8, 4) is 0 Å². The fourth-order valence-corrected chi connectivity index (χ4v) is 2.22. The molecule has 0 aliphatic rings. The first-order valence-electron chi connectivity index (χ1n) is 7.01. The van der Waals surface area contributed by atoms with Crippen molar-refractivity contribution in [3.63, 3.8) is 0 Å². The number of nitro groups is 1. The van der Waals surface area contributed by atoms with E-state index < -0.39 is 4.92 Å². The van der Waals surface area contributed by atoms with Gasteiger partial charge in [0.05, 0.1) is 11.0 Å². The molecule has 0 aliphatic heterocycles. The Bertz CT molecular complexity index is 708. The lowest BCUT2D eigenvalue weighted by Crippen LogP contribution is -2.26. The van der Waals surface area contributed by atoms with Gasteiger partial charge in [0, 0.05) is 17.2 Å². The summed E-state index contributed by atoms with van der Waals surface area (Å²) in [5.41, 5.74) is 3.08. The molecule has 0 aliphatic carbocycles. The summed E-state index contributed by atoms with van der Waals surface area (Å²) in [6.07, 6.45) is 0. The van der Waals surface area contributed by atoms with Crippen molar-refractivity contribution < 1.29 is 9.72 Å². The second-order valence-corrected chi connectivity index (χ2v) is 5.36. The normalized spacial score (nSPS) is 11.8. The van der Waals surface area contributed by atoms with Crippen molar-refractivity contribution in [1.82, 2.24) is 5.32 Å². The molecule has 0 fully saturated rings. The van der Waals surface area contributed by atoms with E-state index in [0.29, 0.717) is 11.1 Å². The van der Waals surface area contributed by atoms with Crippen LogP contribution in [0.3, 0.4) is 0 Å². The molecule has 0 saturated heterocycles. The van der Waals surface area contributed by atoms with Crippen molar-refractivity contribution in [2.75, 3.05) is 0 Å². The van der Waals surface area contributed by atoms with Crippen LogP contribution in [0.15, 0.2) is 42.5 Å². The van der Waals surface area contributed by atoms with E-state index in [0.717, 1.165) is 11.1 Å². The molecule has 5 nitrogen and oxygen atoms in total. The molecule has 0 radical (unpaired) electrons. The lowest BCUT2D eigenvalue weighted by Gasteiger charge is -2.15. The fourth-order valence-electron chi connectivity index (χ4n) is 2.22. The van der Waals surface area contributed by atoms with E-state index in [-0.39, 0.29) is 17.6 Å². The summed E-state index contributed by atoms with van der Waals surface area (Å²) in [7, 11) is 0. The van der Waals surface area contributed by atoms with Gasteiger partial charge in [0.15, 0.2) is 0 Å². The average molecular weight is 298 g/mol. The highest BCUT2D eigenvalue weighted by molar-refractivity contribution is 5.95. The van der Waals surface area contributed by atoms with Crippen molar-refractivity contribution in [3.05, 3.63) is 74.8 Å². The zero-order valence-electron chi connectivity index (χ0n) is 12.8. The van der Waals surface area contributed by atoms with Gasteiger partial charge >= 0.3 is 0 Å². The molecule has 0 unspecified atom stereocenters. The molecule has 1 amide bonds. The van der Waals surface area contributed by atoms with Crippen molar-refractivity contribution >= 4 is 11.6 Å². The van der Waals surface area contributed by atoms with E-state index in [2.05, 4.69) is 5.32 Å². The molecule has 0 heterocycles. The van der Waals surface area contributed by atoms with E-state index in [9.17, 15) is 14.9 Å². The van der Waals surface area contributed by atoms with Gasteiger partial charge in [-0.05, 0) is 38.5 Å². The van der Waals surface area contributed by atoms with Crippen LogP contribution in [0, 0.1) is 24.0 Å². The molecule has 1 atom stereocenters. The van der Waals surface area contributed by atoms with Crippen LogP contribution in [0.1, 0.15) is 40.0 Å². The molecule has 5 heteroatoms. The minimum atomic E-state index is -0.452. The van der Waals surface area contributed by atoms with Gasteiger partial charge in [-0.3, -0.25) is 14.9 Å². The first kappa shape index (κ1) is 15.7. The first-order valence-corrected chi connectivity index (χ1v) is 7.01. The molecule has 0 bridgehead atoms. The van der Waals surface area contributed by atoms with Crippen LogP contribution in [-0.4, -0.2) is 10.8 Å². The maximum absolute atomic E-state index is 12.2. The Balaban J connectivity index is 2.13. The van der Waals surface area contributed by atoms with E-state index in [1.165, 1.54) is 18.2 Å². The predicted octanol–water partition coefficient (Wildman–Crippen LogP) is 3.70. The van der Waals surface area contributed by atoms with Crippen LogP contribution >= 0.6 is 0 Å². The molecule has 114 valence electrons. The molecular formula is C17H18N2O3. The molecule has 0 aromatic heterocycles. The number of nitro benzene ring substituents is 1. The summed E-state index contributed by atoms with van der Waals surface area (Å²) in [5.74, 6) is -0.244. The largest absolute Gasteiger partial charge is 0.346 e. The van der Waals surface area contributed by atoms with Crippen LogP contribution in [0.4, 0.5) is 5.69 Å². The Kier molecular flexibility index (Phi) is 4.56. The van der Waals surface area contributed by atoms with Gasteiger partial charge in [-0.25, -0.2) is 0 Å². The lowest BCUT2D eigenvalue weighted by atomic mass is 10.1. The number of amides is 1. The maximum Gasteiger partial charge on any atom is 0.272 e. The summed E-state index contributed by atoms with van der Waals surface area (Å²) in [5, 5.41) is 13.7. The Morgan fingerprint density at radius 2 is 1.77 bits per heavy atom. The minimum absolute atomic E-state index is 0.0168. The fraction of sp³-hybridized carbons (Fsp3) is 0.235. The average Bonchev–Trinajstić information content (AvgIpc) is 2.47. The number of rotatable bonds is 4. The molecule has 2 aromatic rings. The lowest BCUT2D eigenvalue weighted by molar-refractivity contribution is -0.385. The molecule has 2 aromatic carbocycles. The van der Waals surface area contributed by atoms with E-state index >= 15 is 0 Å². The number of carbonyl (C=O) groups excluding carboxylic acids is 1.